The van der Waals surface area contributed by atoms with Crippen LogP contribution in [0.3, 0.4) is 0 Å². The zero-order valence-electron chi connectivity index (χ0n) is 13.4. The molecule has 0 amide bonds. The highest BCUT2D eigenvalue weighted by Crippen LogP contribution is 2.22. The highest BCUT2D eigenvalue weighted by atomic mass is 16.6. The van der Waals surface area contributed by atoms with E-state index in [0.29, 0.717) is 12.4 Å². The first kappa shape index (κ1) is 15.9. The lowest BCUT2D eigenvalue weighted by molar-refractivity contribution is -0.160. The van der Waals surface area contributed by atoms with E-state index < -0.39 is 5.60 Å². The van der Waals surface area contributed by atoms with Crippen molar-refractivity contribution in [3.63, 3.8) is 0 Å². The molecule has 21 heavy (non-hydrogen) atoms. The Bertz CT molecular complexity index is 479. The van der Waals surface area contributed by atoms with Crippen LogP contribution in [-0.2, 0) is 22.5 Å². The Labute approximate surface area is 125 Å². The summed E-state index contributed by atoms with van der Waals surface area (Å²) < 4.78 is 10.7. The Hall–Kier alpha value is -1.43. The maximum atomic E-state index is 12.2. The summed E-state index contributed by atoms with van der Waals surface area (Å²) in [5.74, 6) is 1.16. The number of hydrogen-bond acceptors (Lipinski definition) is 6. The monoisotopic (exact) mass is 295 g/mol. The Kier molecular flexibility index (Phi) is 4.98. The molecule has 2 heterocycles. The van der Waals surface area contributed by atoms with E-state index in [1.54, 1.807) is 0 Å². The van der Waals surface area contributed by atoms with Gasteiger partial charge in [0.1, 0.15) is 11.6 Å². The zero-order chi connectivity index (χ0) is 15.5. The van der Waals surface area contributed by atoms with Crippen molar-refractivity contribution in [2.24, 2.45) is 0 Å². The van der Waals surface area contributed by atoms with Gasteiger partial charge in [-0.05, 0) is 46.6 Å². The quantitative estimate of drug-likeness (QED) is 0.777. The molecule has 0 aromatic carbocycles. The molecule has 0 bridgehead atoms. The van der Waals surface area contributed by atoms with Crippen LogP contribution in [0.2, 0.25) is 0 Å². The molecule has 0 radical (unpaired) electrons. The van der Waals surface area contributed by atoms with Crippen LogP contribution in [-0.4, -0.2) is 39.2 Å². The second-order valence-corrected chi connectivity index (χ2v) is 6.52. The summed E-state index contributed by atoms with van der Waals surface area (Å²) in [7, 11) is 0. The van der Waals surface area contributed by atoms with Crippen LogP contribution in [0.4, 0.5) is 0 Å². The van der Waals surface area contributed by atoms with Crippen LogP contribution < -0.4 is 0 Å². The number of aryl methyl sites for hydroxylation is 1. The number of carbonyl (C=O) groups excluding carboxylic acids is 1. The molecule has 1 aliphatic rings. The molecule has 0 spiro atoms. The largest absolute Gasteiger partial charge is 0.459 e. The first-order valence-corrected chi connectivity index (χ1v) is 7.67. The van der Waals surface area contributed by atoms with E-state index in [2.05, 4.69) is 22.0 Å². The van der Waals surface area contributed by atoms with Gasteiger partial charge in [0.25, 0.3) is 0 Å². The minimum atomic E-state index is -0.454. The highest BCUT2D eigenvalue weighted by Gasteiger charge is 2.34. The molecule has 6 heteroatoms. The zero-order valence-corrected chi connectivity index (χ0v) is 13.4. The third-order valence-electron chi connectivity index (χ3n) is 3.36. The predicted octanol–water partition coefficient (Wildman–Crippen LogP) is 2.33. The van der Waals surface area contributed by atoms with E-state index in [4.69, 9.17) is 9.26 Å². The lowest BCUT2D eigenvalue weighted by Crippen LogP contribution is -2.40. The van der Waals surface area contributed by atoms with Gasteiger partial charge in [0, 0.05) is 6.42 Å². The van der Waals surface area contributed by atoms with Crippen molar-refractivity contribution < 1.29 is 14.1 Å². The SMILES string of the molecule is CCCc1noc(CN2CCC[C@H]2C(=O)OC(C)(C)C)n1. The summed E-state index contributed by atoms with van der Waals surface area (Å²) in [5.41, 5.74) is -0.454. The fraction of sp³-hybridized carbons (Fsp3) is 0.800. The van der Waals surface area contributed by atoms with E-state index in [9.17, 15) is 4.79 Å². The molecule has 1 aromatic rings. The maximum absolute atomic E-state index is 12.2. The molecule has 0 aliphatic carbocycles. The lowest BCUT2D eigenvalue weighted by Gasteiger charge is -2.26. The number of nitrogens with zero attached hydrogens (tertiary/aromatic N) is 3. The van der Waals surface area contributed by atoms with Gasteiger partial charge in [-0.3, -0.25) is 9.69 Å². The third-order valence-corrected chi connectivity index (χ3v) is 3.36. The van der Waals surface area contributed by atoms with E-state index in [-0.39, 0.29) is 12.0 Å². The minimum Gasteiger partial charge on any atom is -0.459 e. The summed E-state index contributed by atoms with van der Waals surface area (Å²) in [4.78, 5) is 18.7. The molecule has 0 saturated carbocycles. The molecule has 1 aromatic heterocycles. The van der Waals surface area contributed by atoms with Crippen LogP contribution in [0, 0.1) is 0 Å². The summed E-state index contributed by atoms with van der Waals surface area (Å²) in [6.07, 6.45) is 3.62. The highest BCUT2D eigenvalue weighted by molar-refractivity contribution is 5.76. The Morgan fingerprint density at radius 1 is 1.48 bits per heavy atom. The van der Waals surface area contributed by atoms with Gasteiger partial charge >= 0.3 is 5.97 Å². The second-order valence-electron chi connectivity index (χ2n) is 6.52. The summed E-state index contributed by atoms with van der Waals surface area (Å²) in [6.45, 7) is 9.11. The number of ether oxygens (including phenoxy) is 1. The number of hydrogen-bond donors (Lipinski definition) is 0. The Morgan fingerprint density at radius 3 is 2.90 bits per heavy atom. The first-order chi connectivity index (χ1) is 9.89. The van der Waals surface area contributed by atoms with Gasteiger partial charge in [0.2, 0.25) is 5.89 Å². The van der Waals surface area contributed by atoms with Gasteiger partial charge in [-0.1, -0.05) is 12.1 Å². The van der Waals surface area contributed by atoms with E-state index in [1.807, 2.05) is 20.8 Å². The lowest BCUT2D eigenvalue weighted by atomic mass is 10.1. The molecule has 0 N–H and O–H groups in total. The van der Waals surface area contributed by atoms with E-state index in [0.717, 1.165) is 38.1 Å². The molecule has 1 fully saturated rings. The van der Waals surface area contributed by atoms with Crippen LogP contribution in [0.25, 0.3) is 0 Å². The van der Waals surface area contributed by atoms with Gasteiger partial charge < -0.3 is 9.26 Å². The van der Waals surface area contributed by atoms with Crippen LogP contribution >= 0.6 is 0 Å². The smallest absolute Gasteiger partial charge is 0.323 e. The van der Waals surface area contributed by atoms with Crippen LogP contribution in [0.5, 0.6) is 0 Å². The molecule has 118 valence electrons. The number of aromatic nitrogens is 2. The van der Waals surface area contributed by atoms with Gasteiger partial charge in [0.05, 0.1) is 6.54 Å². The van der Waals surface area contributed by atoms with Crippen molar-refractivity contribution >= 4 is 5.97 Å². The van der Waals surface area contributed by atoms with Crippen molar-refractivity contribution in [2.45, 2.75) is 71.6 Å². The number of esters is 1. The van der Waals surface area contributed by atoms with Crippen molar-refractivity contribution in [1.82, 2.24) is 15.0 Å². The van der Waals surface area contributed by atoms with Crippen molar-refractivity contribution in [1.29, 1.82) is 0 Å². The van der Waals surface area contributed by atoms with Gasteiger partial charge in [-0.2, -0.15) is 4.98 Å². The number of likely N-dealkylation sites (tertiary alicyclic amines) is 1. The predicted molar refractivity (Wildman–Crippen MR) is 77.6 cm³/mol. The molecule has 6 nitrogen and oxygen atoms in total. The Balaban J connectivity index is 1.96. The average Bonchev–Trinajstić information content (AvgIpc) is 2.97. The molecule has 1 saturated heterocycles. The minimum absolute atomic E-state index is 0.159. The second kappa shape index (κ2) is 6.56. The van der Waals surface area contributed by atoms with E-state index in [1.165, 1.54) is 0 Å². The van der Waals surface area contributed by atoms with E-state index >= 15 is 0 Å². The maximum Gasteiger partial charge on any atom is 0.323 e. The van der Waals surface area contributed by atoms with Crippen LogP contribution in [0.15, 0.2) is 4.52 Å². The molecular formula is C15H25N3O3. The standard InChI is InChI=1S/C15H25N3O3/c1-5-7-12-16-13(21-17-12)10-18-9-6-8-11(18)14(19)20-15(2,3)4/h11H,5-10H2,1-4H3/t11-/m0/s1. The van der Waals surface area contributed by atoms with Crippen molar-refractivity contribution in [3.05, 3.63) is 11.7 Å². The first-order valence-electron chi connectivity index (χ1n) is 7.67. The van der Waals surface area contributed by atoms with Crippen molar-refractivity contribution in [2.75, 3.05) is 6.54 Å². The van der Waals surface area contributed by atoms with Crippen LogP contribution in [0.1, 0.15) is 58.7 Å². The fourth-order valence-electron chi connectivity index (χ4n) is 2.51. The van der Waals surface area contributed by atoms with Gasteiger partial charge in [-0.15, -0.1) is 0 Å². The summed E-state index contributed by atoms with van der Waals surface area (Å²) >= 11 is 0. The third kappa shape index (κ3) is 4.52. The molecule has 1 atom stereocenters. The normalized spacial score (nSPS) is 19.9. The van der Waals surface area contributed by atoms with Gasteiger partial charge in [0.15, 0.2) is 5.82 Å². The molecule has 2 rings (SSSR count). The summed E-state index contributed by atoms with van der Waals surface area (Å²) in [6, 6.07) is -0.203. The topological polar surface area (TPSA) is 68.5 Å². The molecule has 1 aliphatic heterocycles. The van der Waals surface area contributed by atoms with Crippen molar-refractivity contribution in [3.8, 4) is 0 Å². The number of carbonyl (C=O) groups is 1. The fourth-order valence-corrected chi connectivity index (χ4v) is 2.51. The number of rotatable bonds is 5. The molecular weight excluding hydrogens is 270 g/mol. The average molecular weight is 295 g/mol. The summed E-state index contributed by atoms with van der Waals surface area (Å²) in [5, 5.41) is 3.95. The Morgan fingerprint density at radius 2 is 2.24 bits per heavy atom. The van der Waals surface area contributed by atoms with Gasteiger partial charge in [-0.25, -0.2) is 0 Å². The molecule has 0 unspecified atom stereocenters.